The second-order valence-corrected chi connectivity index (χ2v) is 6.57. The van der Waals surface area contributed by atoms with Crippen LogP contribution in [-0.4, -0.2) is 15.5 Å². The molecule has 0 N–H and O–H groups in total. The van der Waals surface area contributed by atoms with Crippen LogP contribution in [0.1, 0.15) is 0 Å². The van der Waals surface area contributed by atoms with Crippen molar-refractivity contribution in [2.75, 3.05) is 7.11 Å². The molecule has 0 aliphatic carbocycles. The van der Waals surface area contributed by atoms with E-state index in [1.807, 2.05) is 0 Å². The number of halogens is 2. The maximum Gasteiger partial charge on any atom is 0.339 e. The summed E-state index contributed by atoms with van der Waals surface area (Å²) in [6.07, 6.45) is 0. The predicted octanol–water partition coefficient (Wildman–Crippen LogP) is 3.88. The number of ether oxygens (including phenoxy) is 1. The molecular formula is C13H10BrClO4S. The van der Waals surface area contributed by atoms with E-state index >= 15 is 0 Å². The van der Waals surface area contributed by atoms with E-state index in [4.69, 9.17) is 20.5 Å². The van der Waals surface area contributed by atoms with Crippen molar-refractivity contribution in [2.45, 2.75) is 4.90 Å². The molecular weight excluding hydrogens is 368 g/mol. The average Bonchev–Trinajstić information content (AvgIpc) is 2.41. The van der Waals surface area contributed by atoms with Gasteiger partial charge >= 0.3 is 10.1 Å². The van der Waals surface area contributed by atoms with Crippen molar-refractivity contribution >= 4 is 37.6 Å². The van der Waals surface area contributed by atoms with Crippen LogP contribution in [0.4, 0.5) is 0 Å². The summed E-state index contributed by atoms with van der Waals surface area (Å²) in [5.41, 5.74) is 0. The lowest BCUT2D eigenvalue weighted by Gasteiger charge is -2.10. The molecule has 2 aromatic rings. The highest BCUT2D eigenvalue weighted by Crippen LogP contribution is 2.30. The van der Waals surface area contributed by atoms with Crippen LogP contribution in [0.25, 0.3) is 0 Å². The van der Waals surface area contributed by atoms with Gasteiger partial charge in [0, 0.05) is 6.07 Å². The number of rotatable bonds is 4. The smallest absolute Gasteiger partial charge is 0.339 e. The van der Waals surface area contributed by atoms with Gasteiger partial charge in [-0.1, -0.05) is 23.7 Å². The molecule has 0 unspecified atom stereocenters. The molecule has 2 aromatic carbocycles. The molecule has 0 fully saturated rings. The Labute approximate surface area is 130 Å². The van der Waals surface area contributed by atoms with Gasteiger partial charge in [-0.05, 0) is 40.2 Å². The summed E-state index contributed by atoms with van der Waals surface area (Å²) in [5.74, 6) is 0.477. The number of hydrogen-bond acceptors (Lipinski definition) is 4. The van der Waals surface area contributed by atoms with Gasteiger partial charge < -0.3 is 8.92 Å². The second-order valence-electron chi connectivity index (χ2n) is 3.76. The van der Waals surface area contributed by atoms with Crippen molar-refractivity contribution in [3.05, 3.63) is 52.0 Å². The van der Waals surface area contributed by atoms with Gasteiger partial charge in [-0.25, -0.2) is 0 Å². The standard InChI is InChI=1S/C13H10BrClO4S/c1-18-13-8-9(6-7-10(13)14)20(16,17)19-12-5-3-2-4-11(12)15/h2-8H,1H3. The van der Waals surface area contributed by atoms with Crippen LogP contribution in [0.5, 0.6) is 11.5 Å². The zero-order valence-corrected chi connectivity index (χ0v) is 13.5. The average molecular weight is 378 g/mol. The van der Waals surface area contributed by atoms with Gasteiger partial charge in [-0.2, -0.15) is 8.42 Å². The Kier molecular flexibility index (Phi) is 4.57. The van der Waals surface area contributed by atoms with Crippen molar-refractivity contribution in [1.29, 1.82) is 0 Å². The van der Waals surface area contributed by atoms with Crippen LogP contribution in [0.3, 0.4) is 0 Å². The Morgan fingerprint density at radius 2 is 1.80 bits per heavy atom. The fraction of sp³-hybridized carbons (Fsp3) is 0.0769. The highest BCUT2D eigenvalue weighted by atomic mass is 79.9. The van der Waals surface area contributed by atoms with Crippen LogP contribution in [0, 0.1) is 0 Å². The molecule has 0 bridgehead atoms. The van der Waals surface area contributed by atoms with Gasteiger partial charge in [-0.3, -0.25) is 0 Å². The lowest BCUT2D eigenvalue weighted by Crippen LogP contribution is -2.10. The largest absolute Gasteiger partial charge is 0.496 e. The summed E-state index contributed by atoms with van der Waals surface area (Å²) >= 11 is 9.13. The van der Waals surface area contributed by atoms with Crippen molar-refractivity contribution in [3.8, 4) is 11.5 Å². The van der Waals surface area contributed by atoms with E-state index in [0.29, 0.717) is 10.2 Å². The fourth-order valence-corrected chi connectivity index (χ4v) is 3.07. The molecule has 4 nitrogen and oxygen atoms in total. The number of hydrogen-bond donors (Lipinski definition) is 0. The summed E-state index contributed by atoms with van der Waals surface area (Å²) in [5, 5.41) is 0.222. The molecule has 0 spiro atoms. The fourth-order valence-electron chi connectivity index (χ4n) is 1.47. The Balaban J connectivity index is 2.38. The third kappa shape index (κ3) is 3.26. The predicted molar refractivity (Wildman–Crippen MR) is 80.0 cm³/mol. The maximum atomic E-state index is 12.2. The Morgan fingerprint density at radius 3 is 2.45 bits per heavy atom. The van der Waals surface area contributed by atoms with E-state index < -0.39 is 10.1 Å². The minimum absolute atomic E-state index is 0.0162. The highest BCUT2D eigenvalue weighted by Gasteiger charge is 2.19. The quantitative estimate of drug-likeness (QED) is 0.759. The van der Waals surface area contributed by atoms with Gasteiger partial charge in [-0.15, -0.1) is 0 Å². The van der Waals surface area contributed by atoms with Crippen molar-refractivity contribution in [3.63, 3.8) is 0 Å². The van der Waals surface area contributed by atoms with E-state index in [1.165, 1.54) is 25.3 Å². The molecule has 20 heavy (non-hydrogen) atoms. The van der Waals surface area contributed by atoms with E-state index in [2.05, 4.69) is 15.9 Å². The molecule has 0 aliphatic rings. The summed E-state index contributed by atoms with van der Waals surface area (Å²) in [7, 11) is -2.52. The topological polar surface area (TPSA) is 52.6 Å². The SMILES string of the molecule is COc1cc(S(=O)(=O)Oc2ccccc2Cl)ccc1Br. The Bertz CT molecular complexity index is 731. The van der Waals surface area contributed by atoms with Crippen LogP contribution >= 0.6 is 27.5 Å². The van der Waals surface area contributed by atoms with Crippen LogP contribution < -0.4 is 8.92 Å². The summed E-state index contributed by atoms with van der Waals surface area (Å²) in [6, 6.07) is 10.7. The summed E-state index contributed by atoms with van der Waals surface area (Å²) < 4.78 is 35.1. The monoisotopic (exact) mass is 376 g/mol. The van der Waals surface area contributed by atoms with Gasteiger partial charge in [0.1, 0.15) is 10.6 Å². The van der Waals surface area contributed by atoms with Crippen LogP contribution in [0.15, 0.2) is 51.8 Å². The van der Waals surface area contributed by atoms with Crippen molar-refractivity contribution in [1.82, 2.24) is 0 Å². The first kappa shape index (κ1) is 15.2. The van der Waals surface area contributed by atoms with E-state index in [1.54, 1.807) is 24.3 Å². The molecule has 106 valence electrons. The lowest BCUT2D eigenvalue weighted by molar-refractivity contribution is 0.410. The summed E-state index contributed by atoms with van der Waals surface area (Å²) in [4.78, 5) is -0.0162. The Morgan fingerprint density at radius 1 is 1.10 bits per heavy atom. The van der Waals surface area contributed by atoms with Crippen LogP contribution in [0.2, 0.25) is 5.02 Å². The summed E-state index contributed by atoms with van der Waals surface area (Å²) in [6.45, 7) is 0. The second kappa shape index (κ2) is 6.03. The zero-order chi connectivity index (χ0) is 14.8. The number of methoxy groups -OCH3 is 1. The van der Waals surface area contributed by atoms with E-state index in [0.717, 1.165) is 0 Å². The van der Waals surface area contributed by atoms with Crippen molar-refractivity contribution < 1.29 is 17.3 Å². The molecule has 0 amide bonds. The molecule has 0 atom stereocenters. The van der Waals surface area contributed by atoms with Crippen LogP contribution in [-0.2, 0) is 10.1 Å². The molecule has 0 saturated heterocycles. The molecule has 0 radical (unpaired) electrons. The zero-order valence-electron chi connectivity index (χ0n) is 10.3. The van der Waals surface area contributed by atoms with Crippen molar-refractivity contribution in [2.24, 2.45) is 0 Å². The third-order valence-corrected chi connectivity index (χ3v) is 4.65. The molecule has 7 heteroatoms. The minimum atomic E-state index is -3.97. The number of benzene rings is 2. The lowest BCUT2D eigenvalue weighted by atomic mass is 10.3. The van der Waals surface area contributed by atoms with E-state index in [9.17, 15) is 8.42 Å². The molecule has 0 heterocycles. The first-order valence-corrected chi connectivity index (χ1v) is 8.04. The molecule has 0 aliphatic heterocycles. The first-order chi connectivity index (χ1) is 9.44. The normalized spacial score (nSPS) is 11.2. The van der Waals surface area contributed by atoms with Gasteiger partial charge in [0.15, 0.2) is 5.75 Å². The number of para-hydroxylation sites is 1. The van der Waals surface area contributed by atoms with Gasteiger partial charge in [0.25, 0.3) is 0 Å². The maximum absolute atomic E-state index is 12.2. The molecule has 0 saturated carbocycles. The third-order valence-electron chi connectivity index (χ3n) is 2.45. The Hall–Kier alpha value is -1.24. The first-order valence-electron chi connectivity index (χ1n) is 5.46. The van der Waals surface area contributed by atoms with Gasteiger partial charge in [0.2, 0.25) is 0 Å². The van der Waals surface area contributed by atoms with Gasteiger partial charge in [0.05, 0.1) is 16.6 Å². The van der Waals surface area contributed by atoms with E-state index in [-0.39, 0.29) is 15.7 Å². The minimum Gasteiger partial charge on any atom is -0.496 e. The highest BCUT2D eigenvalue weighted by molar-refractivity contribution is 9.10. The molecule has 2 rings (SSSR count). The molecule has 0 aromatic heterocycles.